The number of hydrogen-bond donors (Lipinski definition) is 1. The molecule has 1 aliphatic heterocycles. The summed E-state index contributed by atoms with van der Waals surface area (Å²) in [4.78, 5) is 0. The smallest absolute Gasteiger partial charge is 0.187 e. The van der Waals surface area contributed by atoms with Gasteiger partial charge in [-0.1, -0.05) is 42.0 Å². The van der Waals surface area contributed by atoms with E-state index in [0.29, 0.717) is 6.42 Å². The highest BCUT2D eigenvalue weighted by atomic mass is 32.1. The molecule has 0 bridgehead atoms. The topological polar surface area (TPSA) is 41.6 Å². The van der Waals surface area contributed by atoms with Gasteiger partial charge in [0.25, 0.3) is 0 Å². The lowest BCUT2D eigenvalue weighted by atomic mass is 9.98. The Bertz CT molecular complexity index is 723. The van der Waals surface area contributed by atoms with Gasteiger partial charge in [0.15, 0.2) is 5.11 Å². The highest BCUT2D eigenvalue weighted by molar-refractivity contribution is 7.80. The number of benzene rings is 2. The zero-order chi connectivity index (χ0) is 15.7. The van der Waals surface area contributed by atoms with Gasteiger partial charge in [0.2, 0.25) is 0 Å². The molecule has 2 aromatic carbocycles. The van der Waals surface area contributed by atoms with E-state index in [4.69, 9.17) is 18.0 Å². The van der Waals surface area contributed by atoms with E-state index in [1.807, 2.05) is 31.2 Å². The second-order valence-corrected chi connectivity index (χ2v) is 5.79. The van der Waals surface area contributed by atoms with Crippen molar-refractivity contribution < 1.29 is 4.39 Å². The summed E-state index contributed by atoms with van der Waals surface area (Å²) in [6, 6.07) is 14.5. The van der Waals surface area contributed by atoms with Gasteiger partial charge < -0.3 is 5.73 Å². The van der Waals surface area contributed by atoms with Crippen molar-refractivity contribution in [1.82, 2.24) is 5.01 Å². The Balaban J connectivity index is 1.92. The first-order valence-electron chi connectivity index (χ1n) is 7.03. The molecule has 112 valence electrons. The standard InChI is InChI=1S/C17H16FN3S/c1-11-2-4-12(5-3-11)15-10-16(21(20-15)17(19)22)13-6-8-14(18)9-7-13/h2-9,16H,10H2,1H3,(H2,19,22). The van der Waals surface area contributed by atoms with Gasteiger partial charge in [0, 0.05) is 6.42 Å². The average Bonchev–Trinajstić information content (AvgIpc) is 2.94. The van der Waals surface area contributed by atoms with Crippen LogP contribution in [0.3, 0.4) is 0 Å². The van der Waals surface area contributed by atoms with Crippen molar-refractivity contribution in [1.29, 1.82) is 0 Å². The van der Waals surface area contributed by atoms with Crippen molar-refractivity contribution >= 4 is 23.0 Å². The molecule has 0 fully saturated rings. The molecular formula is C17H16FN3S. The maximum Gasteiger partial charge on any atom is 0.187 e. The summed E-state index contributed by atoms with van der Waals surface area (Å²) >= 11 is 5.10. The summed E-state index contributed by atoms with van der Waals surface area (Å²) in [7, 11) is 0. The number of aryl methyl sites for hydroxylation is 1. The fraction of sp³-hybridized carbons (Fsp3) is 0.176. The van der Waals surface area contributed by atoms with Gasteiger partial charge in [-0.2, -0.15) is 5.10 Å². The Morgan fingerprint density at radius 1 is 1.18 bits per heavy atom. The molecule has 0 spiro atoms. The number of nitrogens with two attached hydrogens (primary N) is 1. The fourth-order valence-electron chi connectivity index (χ4n) is 2.58. The lowest BCUT2D eigenvalue weighted by Crippen LogP contribution is -2.31. The number of halogens is 1. The quantitative estimate of drug-likeness (QED) is 0.862. The van der Waals surface area contributed by atoms with Gasteiger partial charge in [0.05, 0.1) is 11.8 Å². The molecule has 0 saturated carbocycles. The molecule has 5 heteroatoms. The molecule has 1 aliphatic rings. The molecule has 2 aromatic rings. The molecule has 0 amide bonds. The van der Waals surface area contributed by atoms with Crippen molar-refractivity contribution in [3.8, 4) is 0 Å². The Kier molecular flexibility index (Phi) is 3.90. The normalized spacial score (nSPS) is 17.5. The van der Waals surface area contributed by atoms with E-state index in [0.717, 1.165) is 16.8 Å². The Morgan fingerprint density at radius 2 is 1.82 bits per heavy atom. The first-order chi connectivity index (χ1) is 10.5. The fourth-order valence-corrected chi connectivity index (χ4v) is 2.75. The maximum absolute atomic E-state index is 13.1. The first-order valence-corrected chi connectivity index (χ1v) is 7.44. The molecule has 0 aliphatic carbocycles. The maximum atomic E-state index is 13.1. The van der Waals surface area contributed by atoms with Crippen LogP contribution in [-0.4, -0.2) is 15.8 Å². The number of rotatable bonds is 2. The summed E-state index contributed by atoms with van der Waals surface area (Å²) in [5, 5.41) is 6.41. The molecule has 1 unspecified atom stereocenters. The minimum atomic E-state index is -0.261. The van der Waals surface area contributed by atoms with Gasteiger partial charge in [-0.25, -0.2) is 9.40 Å². The Morgan fingerprint density at radius 3 is 2.41 bits per heavy atom. The Labute approximate surface area is 134 Å². The molecule has 1 heterocycles. The summed E-state index contributed by atoms with van der Waals surface area (Å²) in [5.74, 6) is -0.261. The second-order valence-electron chi connectivity index (χ2n) is 5.37. The highest BCUT2D eigenvalue weighted by Gasteiger charge is 2.30. The summed E-state index contributed by atoms with van der Waals surface area (Å²) in [6.45, 7) is 2.04. The van der Waals surface area contributed by atoms with Crippen molar-refractivity contribution in [2.24, 2.45) is 10.8 Å². The molecule has 2 N–H and O–H groups in total. The lowest BCUT2D eigenvalue weighted by Gasteiger charge is -2.21. The largest absolute Gasteiger partial charge is 0.375 e. The second kappa shape index (κ2) is 5.85. The predicted molar refractivity (Wildman–Crippen MR) is 90.1 cm³/mol. The third-order valence-corrected chi connectivity index (χ3v) is 3.96. The number of thiocarbonyl (C=S) groups is 1. The minimum Gasteiger partial charge on any atom is -0.375 e. The van der Waals surface area contributed by atoms with Crippen LogP contribution >= 0.6 is 12.2 Å². The lowest BCUT2D eigenvalue weighted by molar-refractivity contribution is 0.372. The van der Waals surface area contributed by atoms with Gasteiger partial charge in [-0.3, -0.25) is 0 Å². The van der Waals surface area contributed by atoms with Gasteiger partial charge in [0.1, 0.15) is 5.82 Å². The van der Waals surface area contributed by atoms with Crippen LogP contribution in [0, 0.1) is 12.7 Å². The number of nitrogens with zero attached hydrogens (tertiary/aromatic N) is 2. The number of hydrogen-bond acceptors (Lipinski definition) is 2. The zero-order valence-corrected chi connectivity index (χ0v) is 13.0. The number of hydrazone groups is 1. The van der Waals surface area contributed by atoms with E-state index in [2.05, 4.69) is 5.10 Å². The molecule has 3 nitrogen and oxygen atoms in total. The van der Waals surface area contributed by atoms with Crippen molar-refractivity contribution in [2.75, 3.05) is 0 Å². The van der Waals surface area contributed by atoms with Crippen LogP contribution in [0.15, 0.2) is 53.6 Å². The molecule has 0 radical (unpaired) electrons. The van der Waals surface area contributed by atoms with E-state index in [1.165, 1.54) is 17.7 Å². The van der Waals surface area contributed by atoms with Crippen LogP contribution in [-0.2, 0) is 0 Å². The first kappa shape index (κ1) is 14.7. The van der Waals surface area contributed by atoms with Crippen LogP contribution in [0.5, 0.6) is 0 Å². The summed E-state index contributed by atoms with van der Waals surface area (Å²) in [6.07, 6.45) is 0.687. The third kappa shape index (κ3) is 2.85. The van der Waals surface area contributed by atoms with E-state index in [-0.39, 0.29) is 17.0 Å². The minimum absolute atomic E-state index is 0.0885. The molecule has 22 heavy (non-hydrogen) atoms. The van der Waals surface area contributed by atoms with E-state index >= 15 is 0 Å². The van der Waals surface area contributed by atoms with E-state index < -0.39 is 0 Å². The molecule has 0 saturated heterocycles. The predicted octanol–water partition coefficient (Wildman–Crippen LogP) is 3.53. The molecular weight excluding hydrogens is 297 g/mol. The molecule has 3 rings (SSSR count). The molecule has 0 aromatic heterocycles. The Hall–Kier alpha value is -2.27. The van der Waals surface area contributed by atoms with Crippen LogP contribution in [0.4, 0.5) is 4.39 Å². The van der Waals surface area contributed by atoms with Gasteiger partial charge >= 0.3 is 0 Å². The van der Waals surface area contributed by atoms with Crippen LogP contribution in [0.25, 0.3) is 0 Å². The SMILES string of the molecule is Cc1ccc(C2=NN(C(N)=S)C(c3ccc(F)cc3)C2)cc1. The zero-order valence-electron chi connectivity index (χ0n) is 12.2. The van der Waals surface area contributed by atoms with Crippen molar-refractivity contribution in [3.63, 3.8) is 0 Å². The van der Waals surface area contributed by atoms with Crippen LogP contribution in [0.2, 0.25) is 0 Å². The summed E-state index contributed by atoms with van der Waals surface area (Å²) < 4.78 is 13.1. The van der Waals surface area contributed by atoms with Crippen molar-refractivity contribution in [3.05, 3.63) is 71.0 Å². The third-order valence-electron chi connectivity index (χ3n) is 3.78. The van der Waals surface area contributed by atoms with E-state index in [1.54, 1.807) is 17.1 Å². The van der Waals surface area contributed by atoms with E-state index in [9.17, 15) is 4.39 Å². The monoisotopic (exact) mass is 313 g/mol. The summed E-state index contributed by atoms with van der Waals surface area (Å²) in [5.41, 5.74) is 9.92. The average molecular weight is 313 g/mol. The van der Waals surface area contributed by atoms with Crippen molar-refractivity contribution in [2.45, 2.75) is 19.4 Å². The van der Waals surface area contributed by atoms with Gasteiger partial charge in [-0.05, 0) is 42.4 Å². The van der Waals surface area contributed by atoms with Crippen LogP contribution in [0.1, 0.15) is 29.2 Å². The van der Waals surface area contributed by atoms with Crippen LogP contribution < -0.4 is 5.73 Å². The molecule has 1 atom stereocenters. The highest BCUT2D eigenvalue weighted by Crippen LogP contribution is 2.32. The van der Waals surface area contributed by atoms with Gasteiger partial charge in [-0.15, -0.1) is 0 Å².